The molecule has 0 bridgehead atoms. The van der Waals surface area contributed by atoms with Crippen LogP contribution in [0.1, 0.15) is 24.4 Å². The second kappa shape index (κ2) is 6.83. The third-order valence-corrected chi connectivity index (χ3v) is 5.16. The average molecular weight is 377 g/mol. The zero-order valence-corrected chi connectivity index (χ0v) is 15.1. The Kier molecular flexibility index (Phi) is 4.54. The van der Waals surface area contributed by atoms with Crippen molar-refractivity contribution in [1.82, 2.24) is 19.4 Å². The number of hydrogen-bond donors (Lipinski definition) is 1. The third kappa shape index (κ3) is 3.45. The molecule has 7 heteroatoms. The number of hydrogen-bond acceptors (Lipinski definition) is 3. The lowest BCUT2D eigenvalue weighted by Crippen LogP contribution is -2.36. The van der Waals surface area contributed by atoms with Gasteiger partial charge in [0.05, 0.1) is 11.0 Å². The Morgan fingerprint density at radius 1 is 1.12 bits per heavy atom. The van der Waals surface area contributed by atoms with Gasteiger partial charge in [-0.15, -0.1) is 0 Å². The van der Waals surface area contributed by atoms with Gasteiger partial charge in [-0.25, -0.2) is 9.78 Å². The van der Waals surface area contributed by atoms with Crippen LogP contribution >= 0.6 is 23.2 Å². The first kappa shape index (κ1) is 16.6. The number of rotatable bonds is 3. The van der Waals surface area contributed by atoms with Crippen LogP contribution in [0.4, 0.5) is 0 Å². The molecule has 1 aromatic carbocycles. The monoisotopic (exact) mass is 376 g/mol. The third-order valence-electron chi connectivity index (χ3n) is 4.78. The molecule has 0 amide bonds. The van der Waals surface area contributed by atoms with Crippen LogP contribution in [0.15, 0.2) is 41.2 Å². The molecule has 0 aliphatic carbocycles. The highest BCUT2D eigenvalue weighted by atomic mass is 35.5. The maximum atomic E-state index is 12.3. The maximum Gasteiger partial charge on any atom is 0.326 e. The molecular weight excluding hydrogens is 359 g/mol. The molecule has 0 atom stereocenters. The van der Waals surface area contributed by atoms with E-state index in [2.05, 4.69) is 14.9 Å². The van der Waals surface area contributed by atoms with Crippen molar-refractivity contribution in [2.75, 3.05) is 13.1 Å². The van der Waals surface area contributed by atoms with Crippen molar-refractivity contribution in [3.63, 3.8) is 0 Å². The Morgan fingerprint density at radius 3 is 2.52 bits per heavy atom. The number of aromatic nitrogens is 3. The molecule has 4 rings (SSSR count). The number of pyridine rings is 1. The number of aromatic amines is 1. The predicted octanol–water partition coefficient (Wildman–Crippen LogP) is 3.87. The van der Waals surface area contributed by atoms with Crippen LogP contribution in [-0.2, 0) is 6.54 Å². The highest BCUT2D eigenvalue weighted by molar-refractivity contribution is 6.32. The number of H-pyrrole nitrogens is 1. The average Bonchev–Trinajstić information content (AvgIpc) is 2.90. The normalized spacial score (nSPS) is 16.6. The minimum atomic E-state index is -0.0210. The molecule has 1 aliphatic rings. The van der Waals surface area contributed by atoms with E-state index in [4.69, 9.17) is 23.2 Å². The maximum absolute atomic E-state index is 12.3. The number of benzene rings is 1. The number of imidazole rings is 1. The van der Waals surface area contributed by atoms with Crippen molar-refractivity contribution in [3.05, 3.63) is 62.8 Å². The number of fused-ring (bicyclic) bond motifs is 1. The van der Waals surface area contributed by atoms with E-state index in [1.807, 2.05) is 41.0 Å². The van der Waals surface area contributed by atoms with Gasteiger partial charge in [0.2, 0.25) is 0 Å². The molecule has 25 heavy (non-hydrogen) atoms. The molecule has 1 saturated heterocycles. The lowest BCUT2D eigenvalue weighted by molar-refractivity contribution is 0.180. The van der Waals surface area contributed by atoms with E-state index in [0.29, 0.717) is 10.3 Å². The summed E-state index contributed by atoms with van der Waals surface area (Å²) in [6.07, 6.45) is 1.88. The summed E-state index contributed by atoms with van der Waals surface area (Å²) in [4.78, 5) is 21.6. The van der Waals surface area contributed by atoms with E-state index in [-0.39, 0.29) is 11.7 Å². The van der Waals surface area contributed by atoms with Crippen molar-refractivity contribution in [3.8, 4) is 0 Å². The van der Waals surface area contributed by atoms with Crippen LogP contribution in [0.25, 0.3) is 11.0 Å². The number of nitrogens with zero attached hydrogens (tertiary/aromatic N) is 3. The molecule has 1 aliphatic heterocycles. The van der Waals surface area contributed by atoms with Crippen molar-refractivity contribution in [1.29, 1.82) is 0 Å². The Labute approximate surface area is 155 Å². The molecule has 2 aromatic heterocycles. The molecule has 1 fully saturated rings. The number of piperidine rings is 1. The highest BCUT2D eigenvalue weighted by Gasteiger charge is 2.23. The molecule has 0 radical (unpaired) electrons. The number of nitrogens with one attached hydrogen (secondary N) is 1. The summed E-state index contributed by atoms with van der Waals surface area (Å²) in [5.74, 6) is 0. The van der Waals surface area contributed by atoms with E-state index < -0.39 is 0 Å². The summed E-state index contributed by atoms with van der Waals surface area (Å²) < 4.78 is 1.91. The van der Waals surface area contributed by atoms with Gasteiger partial charge in [0.15, 0.2) is 0 Å². The first-order chi connectivity index (χ1) is 12.1. The quantitative estimate of drug-likeness (QED) is 0.705. The van der Waals surface area contributed by atoms with Crippen LogP contribution < -0.4 is 5.69 Å². The Balaban J connectivity index is 1.48. The Bertz CT molecular complexity index is 937. The van der Waals surface area contributed by atoms with E-state index in [1.165, 1.54) is 0 Å². The minimum absolute atomic E-state index is 0.0210. The van der Waals surface area contributed by atoms with Gasteiger partial charge in [-0.2, -0.15) is 0 Å². The van der Waals surface area contributed by atoms with Crippen molar-refractivity contribution >= 4 is 34.2 Å². The zero-order valence-electron chi connectivity index (χ0n) is 13.6. The largest absolute Gasteiger partial charge is 0.326 e. The fourth-order valence-corrected chi connectivity index (χ4v) is 4.14. The number of halogens is 2. The van der Waals surface area contributed by atoms with Gasteiger partial charge in [-0.1, -0.05) is 35.3 Å². The fraction of sp³-hybridized carbons (Fsp3) is 0.333. The second-order valence-electron chi connectivity index (χ2n) is 6.45. The van der Waals surface area contributed by atoms with Crippen molar-refractivity contribution in [2.45, 2.75) is 25.4 Å². The predicted molar refractivity (Wildman–Crippen MR) is 100 cm³/mol. The molecule has 130 valence electrons. The lowest BCUT2D eigenvalue weighted by atomic mass is 10.0. The first-order valence-electron chi connectivity index (χ1n) is 8.34. The van der Waals surface area contributed by atoms with Crippen molar-refractivity contribution in [2.24, 2.45) is 0 Å². The van der Waals surface area contributed by atoms with Crippen LogP contribution in [-0.4, -0.2) is 32.5 Å². The molecule has 3 heterocycles. The molecule has 3 aromatic rings. The van der Waals surface area contributed by atoms with Crippen molar-refractivity contribution < 1.29 is 0 Å². The Morgan fingerprint density at radius 2 is 1.80 bits per heavy atom. The number of likely N-dealkylation sites (tertiary alicyclic amines) is 1. The molecular formula is C18H18Cl2N4O. The van der Waals surface area contributed by atoms with Gasteiger partial charge >= 0.3 is 5.69 Å². The molecule has 0 spiro atoms. The van der Waals surface area contributed by atoms with Crippen LogP contribution in [0.5, 0.6) is 0 Å². The van der Waals surface area contributed by atoms with Gasteiger partial charge < -0.3 is 4.98 Å². The zero-order chi connectivity index (χ0) is 17.4. The summed E-state index contributed by atoms with van der Waals surface area (Å²) in [6.45, 7) is 2.64. The molecule has 1 N–H and O–H groups in total. The Hall–Kier alpha value is -1.82. The topological polar surface area (TPSA) is 53.9 Å². The van der Waals surface area contributed by atoms with Gasteiger partial charge in [-0.3, -0.25) is 9.47 Å². The second-order valence-corrected chi connectivity index (χ2v) is 7.22. The highest BCUT2D eigenvalue weighted by Crippen LogP contribution is 2.26. The van der Waals surface area contributed by atoms with E-state index >= 15 is 0 Å². The summed E-state index contributed by atoms with van der Waals surface area (Å²) in [7, 11) is 0. The molecule has 5 nitrogen and oxygen atoms in total. The smallest absolute Gasteiger partial charge is 0.306 e. The van der Waals surface area contributed by atoms with Crippen LogP contribution in [0, 0.1) is 0 Å². The summed E-state index contributed by atoms with van der Waals surface area (Å²) in [5, 5.41) is 0.838. The van der Waals surface area contributed by atoms with E-state index in [9.17, 15) is 4.79 Å². The molecule has 0 unspecified atom stereocenters. The van der Waals surface area contributed by atoms with Crippen LogP contribution in [0.2, 0.25) is 10.3 Å². The van der Waals surface area contributed by atoms with Gasteiger partial charge in [-0.05, 0) is 42.7 Å². The lowest BCUT2D eigenvalue weighted by Gasteiger charge is -2.32. The summed E-state index contributed by atoms with van der Waals surface area (Å²) >= 11 is 12.0. The fourth-order valence-electron chi connectivity index (χ4n) is 3.64. The van der Waals surface area contributed by atoms with Crippen LogP contribution in [0.3, 0.4) is 0 Å². The van der Waals surface area contributed by atoms with Gasteiger partial charge in [0, 0.05) is 25.7 Å². The number of para-hydroxylation sites is 2. The van der Waals surface area contributed by atoms with Gasteiger partial charge in [0.25, 0.3) is 0 Å². The minimum Gasteiger partial charge on any atom is -0.306 e. The summed E-state index contributed by atoms with van der Waals surface area (Å²) in [5.41, 5.74) is 2.93. The summed E-state index contributed by atoms with van der Waals surface area (Å²) in [6, 6.07) is 11.8. The van der Waals surface area contributed by atoms with E-state index in [1.54, 1.807) is 0 Å². The van der Waals surface area contributed by atoms with Gasteiger partial charge in [0.1, 0.15) is 10.3 Å². The standard InChI is InChI=1S/C18H18Cl2N4O/c19-16-9-12(10-17(20)22-16)11-23-7-5-13(6-8-23)24-15-4-2-1-3-14(15)21-18(24)25/h1-4,9-10,13H,5-8,11H2,(H,21,25). The first-order valence-corrected chi connectivity index (χ1v) is 9.09. The van der Waals surface area contributed by atoms with E-state index in [0.717, 1.165) is 49.1 Å². The SMILES string of the molecule is O=c1[nH]c2ccccc2n1C1CCN(Cc2cc(Cl)nc(Cl)c2)CC1. The molecule has 0 saturated carbocycles.